The standard InChI is InChI=1S/C14H13ClFNO/c1-9-3-4-12(16)14(5-9)18-13-6-10(2)17-8-11(13)7-15/h3-6,8H,7H2,1-2H3. The van der Waals surface area contributed by atoms with E-state index in [0.29, 0.717) is 5.75 Å². The largest absolute Gasteiger partial charge is 0.454 e. The normalized spacial score (nSPS) is 10.4. The van der Waals surface area contributed by atoms with Crippen LogP contribution < -0.4 is 4.74 Å². The van der Waals surface area contributed by atoms with E-state index in [2.05, 4.69) is 4.98 Å². The molecule has 0 atom stereocenters. The van der Waals surface area contributed by atoms with Crippen LogP contribution in [0.1, 0.15) is 16.8 Å². The molecule has 0 amide bonds. The maximum absolute atomic E-state index is 13.6. The van der Waals surface area contributed by atoms with Crippen LogP contribution in [0.4, 0.5) is 4.39 Å². The van der Waals surface area contributed by atoms with E-state index in [1.54, 1.807) is 24.4 Å². The molecule has 0 aliphatic rings. The number of rotatable bonds is 3. The van der Waals surface area contributed by atoms with E-state index >= 15 is 0 Å². The van der Waals surface area contributed by atoms with E-state index in [4.69, 9.17) is 16.3 Å². The fourth-order valence-electron chi connectivity index (χ4n) is 1.57. The average Bonchev–Trinajstić information content (AvgIpc) is 2.34. The lowest BCUT2D eigenvalue weighted by Gasteiger charge is -2.11. The van der Waals surface area contributed by atoms with Gasteiger partial charge < -0.3 is 4.74 Å². The van der Waals surface area contributed by atoms with Crippen molar-refractivity contribution in [3.63, 3.8) is 0 Å². The molecule has 94 valence electrons. The highest BCUT2D eigenvalue weighted by atomic mass is 35.5. The third kappa shape index (κ3) is 2.79. The number of aromatic nitrogens is 1. The van der Waals surface area contributed by atoms with Crippen LogP contribution in [0.3, 0.4) is 0 Å². The lowest BCUT2D eigenvalue weighted by molar-refractivity contribution is 0.437. The second kappa shape index (κ2) is 5.36. The van der Waals surface area contributed by atoms with Crippen molar-refractivity contribution in [3.05, 3.63) is 53.1 Å². The van der Waals surface area contributed by atoms with Gasteiger partial charge in [0.25, 0.3) is 0 Å². The molecule has 0 radical (unpaired) electrons. The predicted octanol–water partition coefficient (Wildman–Crippen LogP) is 4.37. The van der Waals surface area contributed by atoms with Crippen LogP contribution in [0, 0.1) is 19.7 Å². The van der Waals surface area contributed by atoms with Crippen molar-refractivity contribution in [1.29, 1.82) is 0 Å². The molecule has 2 nitrogen and oxygen atoms in total. The molecule has 0 aliphatic carbocycles. The summed E-state index contributed by atoms with van der Waals surface area (Å²) in [5, 5.41) is 0. The molecular formula is C14H13ClFNO. The van der Waals surface area contributed by atoms with Crippen LogP contribution in [0.15, 0.2) is 30.5 Å². The number of alkyl halides is 1. The van der Waals surface area contributed by atoms with Crippen molar-refractivity contribution >= 4 is 11.6 Å². The number of benzene rings is 1. The quantitative estimate of drug-likeness (QED) is 0.769. The Morgan fingerprint density at radius 1 is 1.22 bits per heavy atom. The first-order valence-corrected chi connectivity index (χ1v) is 6.09. The number of ether oxygens (including phenoxy) is 1. The maximum atomic E-state index is 13.6. The van der Waals surface area contributed by atoms with Crippen molar-refractivity contribution in [2.75, 3.05) is 0 Å². The van der Waals surface area contributed by atoms with E-state index in [1.165, 1.54) is 6.07 Å². The minimum absolute atomic E-state index is 0.201. The van der Waals surface area contributed by atoms with Gasteiger partial charge in [-0.3, -0.25) is 4.98 Å². The molecule has 0 aliphatic heterocycles. The fourth-order valence-corrected chi connectivity index (χ4v) is 1.77. The minimum atomic E-state index is -0.393. The Kier molecular flexibility index (Phi) is 3.82. The van der Waals surface area contributed by atoms with E-state index in [1.807, 2.05) is 13.8 Å². The molecule has 18 heavy (non-hydrogen) atoms. The van der Waals surface area contributed by atoms with Gasteiger partial charge in [0.1, 0.15) is 5.75 Å². The number of halogens is 2. The summed E-state index contributed by atoms with van der Waals surface area (Å²) in [6.45, 7) is 3.73. The smallest absolute Gasteiger partial charge is 0.165 e. The summed E-state index contributed by atoms with van der Waals surface area (Å²) in [7, 11) is 0. The lowest BCUT2D eigenvalue weighted by Crippen LogP contribution is -1.95. The molecule has 1 aromatic carbocycles. The summed E-state index contributed by atoms with van der Waals surface area (Å²) in [5.74, 6) is 0.625. The second-order valence-electron chi connectivity index (χ2n) is 4.10. The number of nitrogens with zero attached hydrogens (tertiary/aromatic N) is 1. The van der Waals surface area contributed by atoms with Crippen molar-refractivity contribution in [2.45, 2.75) is 19.7 Å². The van der Waals surface area contributed by atoms with Crippen LogP contribution >= 0.6 is 11.6 Å². The Bertz CT molecular complexity index is 572. The van der Waals surface area contributed by atoms with Gasteiger partial charge in [0.05, 0.1) is 5.88 Å². The SMILES string of the molecule is Cc1ccc(F)c(Oc2cc(C)ncc2CCl)c1. The first kappa shape index (κ1) is 12.8. The fraction of sp³-hybridized carbons (Fsp3) is 0.214. The Hall–Kier alpha value is -1.61. The third-order valence-electron chi connectivity index (χ3n) is 2.53. The zero-order valence-electron chi connectivity index (χ0n) is 10.2. The molecule has 4 heteroatoms. The molecule has 2 aromatic rings. The molecule has 0 N–H and O–H groups in total. The number of pyridine rings is 1. The van der Waals surface area contributed by atoms with Gasteiger partial charge in [0.15, 0.2) is 11.6 Å². The summed E-state index contributed by atoms with van der Waals surface area (Å²) in [5.41, 5.74) is 2.47. The van der Waals surface area contributed by atoms with Crippen LogP contribution in [-0.2, 0) is 5.88 Å². The zero-order chi connectivity index (χ0) is 13.1. The van der Waals surface area contributed by atoms with Gasteiger partial charge in [-0.1, -0.05) is 6.07 Å². The molecule has 1 aromatic heterocycles. The van der Waals surface area contributed by atoms with Crippen LogP contribution in [0.5, 0.6) is 11.5 Å². The molecule has 0 saturated heterocycles. The van der Waals surface area contributed by atoms with E-state index in [0.717, 1.165) is 16.8 Å². The van der Waals surface area contributed by atoms with Gasteiger partial charge in [-0.15, -0.1) is 11.6 Å². The summed E-state index contributed by atoms with van der Waals surface area (Å²) >= 11 is 5.81. The summed E-state index contributed by atoms with van der Waals surface area (Å²) < 4.78 is 19.2. The summed E-state index contributed by atoms with van der Waals surface area (Å²) in [6.07, 6.45) is 1.64. The maximum Gasteiger partial charge on any atom is 0.165 e. The molecule has 0 unspecified atom stereocenters. The molecule has 2 rings (SSSR count). The van der Waals surface area contributed by atoms with Gasteiger partial charge >= 0.3 is 0 Å². The summed E-state index contributed by atoms with van der Waals surface area (Å²) in [6, 6.07) is 6.49. The van der Waals surface area contributed by atoms with Gasteiger partial charge in [-0.25, -0.2) is 4.39 Å². The number of aryl methyl sites for hydroxylation is 2. The van der Waals surface area contributed by atoms with E-state index in [9.17, 15) is 4.39 Å². The monoisotopic (exact) mass is 265 g/mol. The van der Waals surface area contributed by atoms with Crippen LogP contribution in [0.25, 0.3) is 0 Å². The van der Waals surface area contributed by atoms with Gasteiger partial charge in [-0.2, -0.15) is 0 Å². The lowest BCUT2D eigenvalue weighted by atomic mass is 10.2. The number of hydrogen-bond donors (Lipinski definition) is 0. The van der Waals surface area contributed by atoms with Crippen molar-refractivity contribution in [3.8, 4) is 11.5 Å². The Morgan fingerprint density at radius 2 is 2.00 bits per heavy atom. The minimum Gasteiger partial charge on any atom is -0.454 e. The van der Waals surface area contributed by atoms with E-state index in [-0.39, 0.29) is 11.6 Å². The Morgan fingerprint density at radius 3 is 2.72 bits per heavy atom. The van der Waals surface area contributed by atoms with Crippen molar-refractivity contribution < 1.29 is 9.13 Å². The molecule has 0 saturated carbocycles. The average molecular weight is 266 g/mol. The first-order chi connectivity index (χ1) is 8.60. The Labute approximate surface area is 110 Å². The summed E-state index contributed by atoms with van der Waals surface area (Å²) in [4.78, 5) is 4.13. The van der Waals surface area contributed by atoms with Gasteiger partial charge in [0.2, 0.25) is 0 Å². The number of hydrogen-bond acceptors (Lipinski definition) is 2. The molecule has 0 bridgehead atoms. The van der Waals surface area contributed by atoms with Crippen LogP contribution in [-0.4, -0.2) is 4.98 Å². The second-order valence-corrected chi connectivity index (χ2v) is 4.37. The Balaban J connectivity index is 2.38. The molecule has 0 fully saturated rings. The predicted molar refractivity (Wildman–Crippen MR) is 69.7 cm³/mol. The highest BCUT2D eigenvalue weighted by Crippen LogP contribution is 2.29. The van der Waals surface area contributed by atoms with Crippen molar-refractivity contribution in [1.82, 2.24) is 4.98 Å². The molecular weight excluding hydrogens is 253 g/mol. The molecule has 1 heterocycles. The highest BCUT2D eigenvalue weighted by Gasteiger charge is 2.09. The highest BCUT2D eigenvalue weighted by molar-refractivity contribution is 6.17. The first-order valence-electron chi connectivity index (χ1n) is 5.55. The third-order valence-corrected chi connectivity index (χ3v) is 2.82. The van der Waals surface area contributed by atoms with Gasteiger partial charge in [-0.05, 0) is 31.5 Å². The van der Waals surface area contributed by atoms with E-state index < -0.39 is 5.82 Å². The van der Waals surface area contributed by atoms with Crippen molar-refractivity contribution in [2.24, 2.45) is 0 Å². The van der Waals surface area contributed by atoms with Crippen LogP contribution in [0.2, 0.25) is 0 Å². The molecule has 0 spiro atoms. The van der Waals surface area contributed by atoms with Gasteiger partial charge in [0, 0.05) is 23.5 Å². The zero-order valence-corrected chi connectivity index (χ0v) is 11.0. The topological polar surface area (TPSA) is 22.1 Å².